The van der Waals surface area contributed by atoms with Crippen LogP contribution in [0.1, 0.15) is 64.2 Å². The quantitative estimate of drug-likeness (QED) is 0.541. The average molecular weight is 380 g/mol. The van der Waals surface area contributed by atoms with Crippen molar-refractivity contribution in [3.8, 4) is 0 Å². The number of nitrogens with two attached hydrogens (primary N) is 1. The second-order valence-corrected chi connectivity index (χ2v) is 7.37. The van der Waals surface area contributed by atoms with E-state index in [1.807, 2.05) is 0 Å². The summed E-state index contributed by atoms with van der Waals surface area (Å²) in [5.74, 6) is 0. The molecule has 2 aliphatic rings. The zero-order chi connectivity index (χ0) is 19.4. The van der Waals surface area contributed by atoms with Crippen molar-refractivity contribution < 1.29 is 24.4 Å². The molecular formula is C18H28N4O5. The molecule has 4 N–H and O–H groups in total. The molecule has 0 atom stereocenters. The number of nitrogens with zero attached hydrogens (tertiary/aromatic N) is 3. The minimum Gasteiger partial charge on any atom is -0.468 e. The van der Waals surface area contributed by atoms with Crippen LogP contribution in [-0.2, 0) is 0 Å². The number of primary amides is 1. The van der Waals surface area contributed by atoms with Gasteiger partial charge in [0.25, 0.3) is 0 Å². The van der Waals surface area contributed by atoms with Crippen LogP contribution in [0.15, 0.2) is 16.9 Å². The molecule has 0 unspecified atom stereocenters. The molecule has 2 saturated carbocycles. The lowest BCUT2D eigenvalue weighted by molar-refractivity contribution is -0.0852. The van der Waals surface area contributed by atoms with Crippen LogP contribution in [-0.4, -0.2) is 39.6 Å². The normalized spacial score (nSPS) is 18.9. The Morgan fingerprint density at radius 1 is 0.889 bits per heavy atom. The highest BCUT2D eigenvalue weighted by atomic mass is 16.5. The van der Waals surface area contributed by atoms with E-state index in [-0.39, 0.29) is 28.5 Å². The maximum absolute atomic E-state index is 13.2. The van der Waals surface area contributed by atoms with Gasteiger partial charge in [0.2, 0.25) is 0 Å². The molecule has 0 aromatic carbocycles. The van der Waals surface area contributed by atoms with Crippen molar-refractivity contribution in [2.45, 2.75) is 76.3 Å². The molecule has 1 aromatic rings. The number of anilines is 2. The summed E-state index contributed by atoms with van der Waals surface area (Å²) in [6.45, 7) is 0. The first-order valence-corrected chi connectivity index (χ1v) is 9.66. The van der Waals surface area contributed by atoms with Gasteiger partial charge < -0.3 is 10.2 Å². The first kappa shape index (κ1) is 19.5. The molecule has 2 aliphatic carbocycles. The number of hydroxylamine groups is 3. The third-order valence-corrected chi connectivity index (χ3v) is 5.58. The number of furan rings is 1. The number of rotatable bonds is 4. The first-order chi connectivity index (χ1) is 13.0. The van der Waals surface area contributed by atoms with Crippen LogP contribution < -0.4 is 15.7 Å². The van der Waals surface area contributed by atoms with E-state index in [0.29, 0.717) is 0 Å². The fraction of sp³-hybridized carbons (Fsp3) is 0.667. The van der Waals surface area contributed by atoms with Crippen LogP contribution in [0.2, 0.25) is 0 Å². The van der Waals surface area contributed by atoms with Crippen molar-refractivity contribution in [2.24, 2.45) is 5.73 Å². The summed E-state index contributed by atoms with van der Waals surface area (Å²) in [4.78, 5) is 26.1. The van der Waals surface area contributed by atoms with Gasteiger partial charge in [0.1, 0.15) is 23.9 Å². The molecule has 0 spiro atoms. The van der Waals surface area contributed by atoms with E-state index in [2.05, 4.69) is 0 Å². The first-order valence-electron chi connectivity index (χ1n) is 9.66. The fourth-order valence-electron chi connectivity index (χ4n) is 4.13. The molecule has 27 heavy (non-hydrogen) atoms. The SMILES string of the molecule is NC(=O)N(O)c1cocc1N(C(=O)N(O)C1CCCCC1)C1CCCCC1. The number of hydrogen-bond donors (Lipinski definition) is 3. The van der Waals surface area contributed by atoms with E-state index in [0.717, 1.165) is 75.5 Å². The van der Waals surface area contributed by atoms with Crippen molar-refractivity contribution in [3.63, 3.8) is 0 Å². The third kappa shape index (κ3) is 4.19. The molecular weight excluding hydrogens is 352 g/mol. The van der Waals surface area contributed by atoms with Crippen molar-refractivity contribution >= 4 is 23.4 Å². The number of urea groups is 2. The van der Waals surface area contributed by atoms with Crippen molar-refractivity contribution in [1.29, 1.82) is 0 Å². The third-order valence-electron chi connectivity index (χ3n) is 5.58. The highest BCUT2D eigenvalue weighted by Crippen LogP contribution is 2.36. The van der Waals surface area contributed by atoms with Crippen LogP contribution in [0.4, 0.5) is 21.0 Å². The minimum atomic E-state index is -1.08. The number of hydrogen-bond acceptors (Lipinski definition) is 5. The van der Waals surface area contributed by atoms with E-state index >= 15 is 0 Å². The Kier molecular flexibility index (Phi) is 6.22. The zero-order valence-electron chi connectivity index (χ0n) is 15.4. The second-order valence-electron chi connectivity index (χ2n) is 7.37. The summed E-state index contributed by atoms with van der Waals surface area (Å²) in [6.07, 6.45) is 11.6. The maximum Gasteiger partial charge on any atom is 0.348 e. The lowest BCUT2D eigenvalue weighted by atomic mass is 9.93. The molecule has 9 nitrogen and oxygen atoms in total. The predicted octanol–water partition coefficient (Wildman–Crippen LogP) is 3.84. The molecule has 0 saturated heterocycles. The monoisotopic (exact) mass is 380 g/mol. The molecule has 150 valence electrons. The van der Waals surface area contributed by atoms with Gasteiger partial charge in [0.15, 0.2) is 0 Å². The van der Waals surface area contributed by atoms with Crippen LogP contribution in [0.5, 0.6) is 0 Å². The van der Waals surface area contributed by atoms with Crippen LogP contribution in [0.3, 0.4) is 0 Å². The Balaban J connectivity index is 1.90. The zero-order valence-corrected chi connectivity index (χ0v) is 15.4. The van der Waals surface area contributed by atoms with Crippen LogP contribution in [0.25, 0.3) is 0 Å². The summed E-state index contributed by atoms with van der Waals surface area (Å²) in [6, 6.07) is -2.02. The molecule has 4 amide bonds. The fourth-order valence-corrected chi connectivity index (χ4v) is 4.13. The molecule has 2 fully saturated rings. The lowest BCUT2D eigenvalue weighted by Gasteiger charge is -2.38. The van der Waals surface area contributed by atoms with Gasteiger partial charge in [-0.25, -0.2) is 14.7 Å². The molecule has 0 aliphatic heterocycles. The minimum absolute atomic E-state index is 0.0153. The van der Waals surface area contributed by atoms with Crippen molar-refractivity contribution in [2.75, 3.05) is 9.96 Å². The summed E-state index contributed by atoms with van der Waals surface area (Å²) < 4.78 is 5.16. The van der Waals surface area contributed by atoms with Gasteiger partial charge in [-0.05, 0) is 25.7 Å². The summed E-state index contributed by atoms with van der Waals surface area (Å²) in [5, 5.41) is 21.7. The number of carbonyl (C=O) groups is 2. The molecule has 3 rings (SSSR count). The van der Waals surface area contributed by atoms with Gasteiger partial charge in [0, 0.05) is 6.04 Å². The predicted molar refractivity (Wildman–Crippen MR) is 97.8 cm³/mol. The Labute approximate surface area is 158 Å². The van der Waals surface area contributed by atoms with Gasteiger partial charge in [-0.15, -0.1) is 0 Å². The Hall–Kier alpha value is -2.26. The number of amides is 4. The Morgan fingerprint density at radius 2 is 1.41 bits per heavy atom. The highest BCUT2D eigenvalue weighted by Gasteiger charge is 2.36. The van der Waals surface area contributed by atoms with Gasteiger partial charge in [-0.3, -0.25) is 15.3 Å². The molecule has 0 radical (unpaired) electrons. The summed E-state index contributed by atoms with van der Waals surface area (Å²) in [5.41, 5.74) is 5.37. The lowest BCUT2D eigenvalue weighted by Crippen LogP contribution is -2.52. The smallest absolute Gasteiger partial charge is 0.348 e. The van der Waals surface area contributed by atoms with Gasteiger partial charge in [-0.2, -0.15) is 5.06 Å². The van der Waals surface area contributed by atoms with E-state index in [1.165, 1.54) is 11.2 Å². The molecule has 0 bridgehead atoms. The topological polar surface area (TPSA) is 123 Å². The van der Waals surface area contributed by atoms with Crippen LogP contribution >= 0.6 is 0 Å². The van der Waals surface area contributed by atoms with E-state index < -0.39 is 12.1 Å². The average Bonchev–Trinajstić information content (AvgIpc) is 3.17. The van der Waals surface area contributed by atoms with Crippen LogP contribution in [0, 0.1) is 0 Å². The van der Waals surface area contributed by atoms with E-state index in [1.54, 1.807) is 0 Å². The van der Waals surface area contributed by atoms with E-state index in [4.69, 9.17) is 10.2 Å². The molecule has 1 heterocycles. The van der Waals surface area contributed by atoms with Gasteiger partial charge >= 0.3 is 12.1 Å². The largest absolute Gasteiger partial charge is 0.468 e. The van der Waals surface area contributed by atoms with Gasteiger partial charge in [0.05, 0.1) is 6.04 Å². The standard InChI is InChI=1S/C18H28N4O5/c19-17(23)22(26)16-12-27-11-15(16)20(13-7-3-1-4-8-13)18(24)21(25)14-9-5-2-6-10-14/h11-14,25-26H,1-10H2,(H2,19,23). The van der Waals surface area contributed by atoms with Crippen molar-refractivity contribution in [1.82, 2.24) is 5.06 Å². The Morgan fingerprint density at radius 3 is 1.96 bits per heavy atom. The van der Waals surface area contributed by atoms with Gasteiger partial charge in [-0.1, -0.05) is 38.5 Å². The summed E-state index contributed by atoms with van der Waals surface area (Å²) in [7, 11) is 0. The second kappa shape index (κ2) is 8.62. The Bertz CT molecular complexity index is 652. The highest BCUT2D eigenvalue weighted by molar-refractivity contribution is 5.99. The molecule has 1 aromatic heterocycles. The number of carbonyl (C=O) groups excluding carboxylic acids is 2. The summed E-state index contributed by atoms with van der Waals surface area (Å²) >= 11 is 0. The molecule has 9 heteroatoms. The van der Waals surface area contributed by atoms with E-state index in [9.17, 15) is 20.0 Å². The van der Waals surface area contributed by atoms with Crippen molar-refractivity contribution in [3.05, 3.63) is 12.5 Å². The maximum atomic E-state index is 13.2.